The molecule has 2 amide bonds. The van der Waals surface area contributed by atoms with Gasteiger partial charge in [-0.2, -0.15) is 0 Å². The smallest absolute Gasteiger partial charge is 0.225 e. The fourth-order valence-electron chi connectivity index (χ4n) is 3.79. The molecule has 0 spiro atoms. The monoisotopic (exact) mass is 390 g/mol. The van der Waals surface area contributed by atoms with Gasteiger partial charge in [0.1, 0.15) is 0 Å². The molecule has 6 nitrogen and oxygen atoms in total. The number of methoxy groups -OCH3 is 2. The van der Waals surface area contributed by atoms with Crippen molar-refractivity contribution in [2.45, 2.75) is 46.0 Å². The number of carbonyl (C=O) groups excluding carboxylic acids is 2. The Hall–Kier alpha value is -2.24. The fraction of sp³-hybridized carbons (Fsp3) is 0.636. The van der Waals surface area contributed by atoms with Crippen LogP contribution in [0.4, 0.5) is 0 Å². The summed E-state index contributed by atoms with van der Waals surface area (Å²) < 4.78 is 11.0. The first-order valence-electron chi connectivity index (χ1n) is 10.2. The second-order valence-corrected chi connectivity index (χ2v) is 7.84. The summed E-state index contributed by atoms with van der Waals surface area (Å²) in [5.41, 5.74) is 0.914. The van der Waals surface area contributed by atoms with E-state index in [4.69, 9.17) is 9.47 Å². The quantitative estimate of drug-likeness (QED) is 0.658. The molecule has 0 aromatic heterocycles. The van der Waals surface area contributed by atoms with Crippen LogP contribution < -0.4 is 14.8 Å². The van der Waals surface area contributed by atoms with Crippen molar-refractivity contribution >= 4 is 11.8 Å². The summed E-state index contributed by atoms with van der Waals surface area (Å²) in [6, 6.07) is 5.71. The summed E-state index contributed by atoms with van der Waals surface area (Å²) >= 11 is 0. The molecule has 1 fully saturated rings. The lowest BCUT2D eigenvalue weighted by atomic mass is 9.87. The molecule has 2 rings (SSSR count). The molecule has 156 valence electrons. The third-order valence-corrected chi connectivity index (χ3v) is 5.25. The van der Waals surface area contributed by atoms with Gasteiger partial charge in [-0.05, 0) is 18.4 Å². The van der Waals surface area contributed by atoms with Gasteiger partial charge in [-0.15, -0.1) is 0 Å². The van der Waals surface area contributed by atoms with Crippen LogP contribution in [-0.2, 0) is 9.59 Å². The van der Waals surface area contributed by atoms with Crippen LogP contribution in [0.25, 0.3) is 0 Å². The van der Waals surface area contributed by atoms with Crippen LogP contribution in [0.2, 0.25) is 0 Å². The molecular formula is C22H34N2O4. The van der Waals surface area contributed by atoms with E-state index in [1.807, 2.05) is 36.9 Å². The molecule has 0 aliphatic carbocycles. The number of amides is 2. The number of nitrogens with zero attached hydrogens (tertiary/aromatic N) is 1. The fourth-order valence-corrected chi connectivity index (χ4v) is 3.79. The molecule has 28 heavy (non-hydrogen) atoms. The van der Waals surface area contributed by atoms with Crippen LogP contribution in [0.3, 0.4) is 0 Å². The summed E-state index contributed by atoms with van der Waals surface area (Å²) in [4.78, 5) is 27.4. The molecule has 0 radical (unpaired) electrons. The molecule has 0 unspecified atom stereocenters. The third kappa shape index (κ3) is 5.18. The summed E-state index contributed by atoms with van der Waals surface area (Å²) in [7, 11) is 3.21. The first-order valence-corrected chi connectivity index (χ1v) is 10.2. The molecule has 1 saturated heterocycles. The molecule has 1 aliphatic rings. The zero-order chi connectivity index (χ0) is 20.7. The Bertz CT molecular complexity index is 675. The number of rotatable bonds is 9. The van der Waals surface area contributed by atoms with Gasteiger partial charge in [-0.25, -0.2) is 0 Å². The normalized spacial score (nSPS) is 19.0. The van der Waals surface area contributed by atoms with Gasteiger partial charge >= 0.3 is 0 Å². The minimum Gasteiger partial charge on any atom is -0.493 e. The number of benzene rings is 1. The van der Waals surface area contributed by atoms with Gasteiger partial charge in [0.05, 0.1) is 20.1 Å². The lowest BCUT2D eigenvalue weighted by Gasteiger charge is -2.21. The second-order valence-electron chi connectivity index (χ2n) is 7.84. The van der Waals surface area contributed by atoms with E-state index >= 15 is 0 Å². The highest BCUT2D eigenvalue weighted by Gasteiger charge is 2.41. The van der Waals surface area contributed by atoms with Gasteiger partial charge in [-0.1, -0.05) is 39.3 Å². The average Bonchev–Trinajstić information content (AvgIpc) is 3.12. The highest BCUT2D eigenvalue weighted by molar-refractivity contribution is 5.83. The van der Waals surface area contributed by atoms with Gasteiger partial charge in [0.15, 0.2) is 11.5 Å². The van der Waals surface area contributed by atoms with Crippen LogP contribution in [0.1, 0.15) is 51.5 Å². The topological polar surface area (TPSA) is 67.9 Å². The SMILES string of the molecule is CCCCNC(=O)[C@H]1CN(C(=O)CC(C)C)C[C@H]1c1cccc(OC)c1OC. The predicted octanol–water partition coefficient (Wildman–Crippen LogP) is 3.21. The number of nitrogens with one attached hydrogen (secondary N) is 1. The zero-order valence-corrected chi connectivity index (χ0v) is 17.8. The number of para-hydroxylation sites is 1. The summed E-state index contributed by atoms with van der Waals surface area (Å²) in [5, 5.41) is 3.04. The molecule has 0 bridgehead atoms. The van der Waals surface area contributed by atoms with E-state index in [-0.39, 0.29) is 29.6 Å². The van der Waals surface area contributed by atoms with Crippen molar-refractivity contribution < 1.29 is 19.1 Å². The van der Waals surface area contributed by atoms with Crippen molar-refractivity contribution in [3.05, 3.63) is 23.8 Å². The van der Waals surface area contributed by atoms with Crippen LogP contribution in [0.5, 0.6) is 11.5 Å². The highest BCUT2D eigenvalue weighted by atomic mass is 16.5. The highest BCUT2D eigenvalue weighted by Crippen LogP contribution is 2.42. The molecule has 1 aliphatic heterocycles. The standard InChI is InChI=1S/C22H34N2O4/c1-6-7-11-23-22(26)18-14-24(20(25)12-15(2)3)13-17(18)16-9-8-10-19(27-4)21(16)28-5/h8-10,15,17-18H,6-7,11-14H2,1-5H3,(H,23,26)/t17-,18-/m0/s1. The van der Waals surface area contributed by atoms with E-state index < -0.39 is 0 Å². The predicted molar refractivity (Wildman–Crippen MR) is 110 cm³/mol. The van der Waals surface area contributed by atoms with E-state index in [2.05, 4.69) is 12.2 Å². The van der Waals surface area contributed by atoms with Gasteiger partial charge in [0, 0.05) is 37.5 Å². The molecule has 0 saturated carbocycles. The first-order chi connectivity index (χ1) is 13.4. The maximum absolute atomic E-state index is 12.9. The van der Waals surface area contributed by atoms with Crippen molar-refractivity contribution in [2.75, 3.05) is 33.9 Å². The zero-order valence-electron chi connectivity index (χ0n) is 17.8. The van der Waals surface area contributed by atoms with Gasteiger partial charge in [0.25, 0.3) is 0 Å². The van der Waals surface area contributed by atoms with Crippen molar-refractivity contribution in [1.29, 1.82) is 0 Å². The summed E-state index contributed by atoms with van der Waals surface area (Å²) in [6.45, 7) is 7.78. The van der Waals surface area contributed by atoms with Crippen molar-refractivity contribution in [1.82, 2.24) is 10.2 Å². The molecule has 1 N–H and O–H groups in total. The van der Waals surface area contributed by atoms with Gasteiger partial charge < -0.3 is 19.7 Å². The lowest BCUT2D eigenvalue weighted by molar-refractivity contribution is -0.131. The van der Waals surface area contributed by atoms with Gasteiger partial charge in [0.2, 0.25) is 11.8 Å². The molecule has 1 aromatic carbocycles. The van der Waals surface area contributed by atoms with E-state index in [0.717, 1.165) is 18.4 Å². The Morgan fingerprint density at radius 1 is 1.21 bits per heavy atom. The maximum Gasteiger partial charge on any atom is 0.225 e. The Labute approximate surface area is 168 Å². The van der Waals surface area contributed by atoms with Crippen molar-refractivity contribution in [3.8, 4) is 11.5 Å². The van der Waals surface area contributed by atoms with Crippen LogP contribution in [-0.4, -0.2) is 50.6 Å². The number of hydrogen-bond donors (Lipinski definition) is 1. The Morgan fingerprint density at radius 3 is 2.57 bits per heavy atom. The number of ether oxygens (including phenoxy) is 2. The molecule has 6 heteroatoms. The number of likely N-dealkylation sites (tertiary alicyclic amines) is 1. The van der Waals surface area contributed by atoms with E-state index in [0.29, 0.717) is 37.6 Å². The number of unbranched alkanes of at least 4 members (excludes halogenated alkanes) is 1. The second kappa shape index (κ2) is 10.3. The van der Waals surface area contributed by atoms with E-state index in [1.54, 1.807) is 14.2 Å². The van der Waals surface area contributed by atoms with Crippen LogP contribution in [0, 0.1) is 11.8 Å². The largest absolute Gasteiger partial charge is 0.493 e. The molecule has 1 heterocycles. The molecule has 1 aromatic rings. The van der Waals surface area contributed by atoms with E-state index in [9.17, 15) is 9.59 Å². The first kappa shape index (κ1) is 22.1. The summed E-state index contributed by atoms with van der Waals surface area (Å²) in [5.74, 6) is 1.25. The van der Waals surface area contributed by atoms with Gasteiger partial charge in [-0.3, -0.25) is 9.59 Å². The Kier molecular flexibility index (Phi) is 8.15. The van der Waals surface area contributed by atoms with Crippen LogP contribution in [0.15, 0.2) is 18.2 Å². The Balaban J connectivity index is 2.31. The minimum absolute atomic E-state index is 0.00294. The van der Waals surface area contributed by atoms with Crippen molar-refractivity contribution in [2.24, 2.45) is 11.8 Å². The summed E-state index contributed by atoms with van der Waals surface area (Å²) in [6.07, 6.45) is 2.46. The van der Waals surface area contributed by atoms with Crippen molar-refractivity contribution in [3.63, 3.8) is 0 Å². The maximum atomic E-state index is 12.9. The Morgan fingerprint density at radius 2 is 1.96 bits per heavy atom. The number of hydrogen-bond acceptors (Lipinski definition) is 4. The third-order valence-electron chi connectivity index (χ3n) is 5.25. The minimum atomic E-state index is -0.297. The van der Waals surface area contributed by atoms with E-state index in [1.165, 1.54) is 0 Å². The molecule has 2 atom stereocenters. The molecular weight excluding hydrogens is 356 g/mol. The lowest BCUT2D eigenvalue weighted by Crippen LogP contribution is -2.36. The number of carbonyl (C=O) groups is 2. The average molecular weight is 391 g/mol. The van der Waals surface area contributed by atoms with Crippen LogP contribution >= 0.6 is 0 Å².